The maximum absolute atomic E-state index is 5.46. The highest BCUT2D eigenvalue weighted by molar-refractivity contribution is 5.99. The number of fused-ring (bicyclic) bond motifs is 1. The number of pyridine rings is 1. The lowest BCUT2D eigenvalue weighted by Gasteiger charge is -2.16. The zero-order chi connectivity index (χ0) is 18.8. The van der Waals surface area contributed by atoms with Crippen molar-refractivity contribution in [2.45, 2.75) is 6.92 Å². The molecule has 4 rings (SSSR count). The van der Waals surface area contributed by atoms with E-state index in [0.29, 0.717) is 0 Å². The second-order valence-electron chi connectivity index (χ2n) is 6.44. The molecule has 0 unspecified atom stereocenters. The number of aromatic nitrogens is 1. The van der Waals surface area contributed by atoms with E-state index in [4.69, 9.17) is 14.5 Å². The van der Waals surface area contributed by atoms with Gasteiger partial charge in [-0.3, -0.25) is 0 Å². The van der Waals surface area contributed by atoms with E-state index in [2.05, 4.69) is 37.3 Å². The van der Waals surface area contributed by atoms with Crippen LogP contribution in [0, 0.1) is 6.92 Å². The van der Waals surface area contributed by atoms with Crippen LogP contribution in [0.5, 0.6) is 11.5 Å². The molecular weight excluding hydrogens is 334 g/mol. The lowest BCUT2D eigenvalue weighted by atomic mass is 9.92. The fourth-order valence-corrected chi connectivity index (χ4v) is 3.47. The highest BCUT2D eigenvalue weighted by Gasteiger charge is 2.15. The van der Waals surface area contributed by atoms with Crippen LogP contribution in [0.25, 0.3) is 33.3 Å². The van der Waals surface area contributed by atoms with E-state index >= 15 is 0 Å². The Labute approximate surface area is 159 Å². The van der Waals surface area contributed by atoms with Gasteiger partial charge in [-0.25, -0.2) is 4.98 Å². The molecule has 0 aliphatic carbocycles. The molecule has 0 spiro atoms. The van der Waals surface area contributed by atoms with Crippen molar-refractivity contribution in [2.75, 3.05) is 14.2 Å². The molecule has 0 saturated heterocycles. The van der Waals surface area contributed by atoms with Gasteiger partial charge in [0.2, 0.25) is 0 Å². The molecule has 0 N–H and O–H groups in total. The molecule has 3 heteroatoms. The first-order chi connectivity index (χ1) is 13.2. The Morgan fingerprint density at radius 2 is 1.37 bits per heavy atom. The molecule has 4 aromatic rings. The minimum atomic E-state index is 0.825. The normalized spacial score (nSPS) is 10.8. The van der Waals surface area contributed by atoms with Crippen molar-refractivity contribution in [1.82, 2.24) is 4.98 Å². The molecule has 0 aliphatic heterocycles. The van der Waals surface area contributed by atoms with Gasteiger partial charge >= 0.3 is 0 Å². The molecule has 0 aliphatic rings. The maximum Gasteiger partial charge on any atom is 0.119 e. The Morgan fingerprint density at radius 3 is 2.04 bits per heavy atom. The van der Waals surface area contributed by atoms with E-state index in [9.17, 15) is 0 Å². The highest BCUT2D eigenvalue weighted by Crippen LogP contribution is 2.38. The smallest absolute Gasteiger partial charge is 0.119 e. The molecule has 0 fully saturated rings. The second kappa shape index (κ2) is 7.12. The van der Waals surface area contributed by atoms with Gasteiger partial charge < -0.3 is 9.47 Å². The summed E-state index contributed by atoms with van der Waals surface area (Å²) in [6.07, 6.45) is 0. The van der Waals surface area contributed by atoms with Crippen molar-refractivity contribution >= 4 is 10.9 Å². The second-order valence-corrected chi connectivity index (χ2v) is 6.44. The third kappa shape index (κ3) is 3.13. The van der Waals surface area contributed by atoms with Crippen molar-refractivity contribution in [2.24, 2.45) is 0 Å². The number of methoxy groups -OCH3 is 2. The number of hydrogen-bond donors (Lipinski definition) is 0. The van der Waals surface area contributed by atoms with Crippen molar-refractivity contribution in [3.05, 3.63) is 78.4 Å². The molecule has 0 atom stereocenters. The van der Waals surface area contributed by atoms with E-state index in [1.54, 1.807) is 14.2 Å². The Morgan fingerprint density at radius 1 is 0.704 bits per heavy atom. The molecule has 3 aromatic carbocycles. The van der Waals surface area contributed by atoms with Gasteiger partial charge in [0.25, 0.3) is 0 Å². The lowest BCUT2D eigenvalue weighted by molar-refractivity contribution is 0.415. The van der Waals surface area contributed by atoms with Crippen LogP contribution in [0.4, 0.5) is 0 Å². The van der Waals surface area contributed by atoms with Crippen molar-refractivity contribution in [3.63, 3.8) is 0 Å². The summed E-state index contributed by atoms with van der Waals surface area (Å²) in [6, 6.07) is 24.5. The standard InChI is InChI=1S/C24H21NO2/c1-16-23(17-9-11-19(26-2)12-10-17)21-15-20(27-3)13-14-22(21)25-24(16)18-7-5-4-6-8-18/h4-15H,1-3H3. The summed E-state index contributed by atoms with van der Waals surface area (Å²) in [7, 11) is 3.37. The molecule has 134 valence electrons. The van der Waals surface area contributed by atoms with Crippen LogP contribution in [-0.4, -0.2) is 19.2 Å². The lowest BCUT2D eigenvalue weighted by Crippen LogP contribution is -1.96. The molecule has 27 heavy (non-hydrogen) atoms. The number of ether oxygens (including phenoxy) is 2. The van der Waals surface area contributed by atoms with Crippen LogP contribution < -0.4 is 9.47 Å². The predicted octanol–water partition coefficient (Wildman–Crippen LogP) is 5.89. The third-order valence-corrected chi connectivity index (χ3v) is 4.86. The van der Waals surface area contributed by atoms with Crippen molar-refractivity contribution in [3.8, 4) is 33.9 Å². The summed E-state index contributed by atoms with van der Waals surface area (Å²) in [5.41, 5.74) is 6.51. The molecule has 0 amide bonds. The van der Waals surface area contributed by atoms with Gasteiger partial charge in [0, 0.05) is 10.9 Å². The Hall–Kier alpha value is -3.33. The molecular formula is C24H21NO2. The largest absolute Gasteiger partial charge is 0.497 e. The van der Waals surface area contributed by atoms with Crippen LogP contribution in [0.2, 0.25) is 0 Å². The molecule has 1 heterocycles. The van der Waals surface area contributed by atoms with Crippen molar-refractivity contribution in [1.29, 1.82) is 0 Å². The quantitative estimate of drug-likeness (QED) is 0.457. The summed E-state index contributed by atoms with van der Waals surface area (Å²) < 4.78 is 10.8. The van der Waals surface area contributed by atoms with Crippen LogP contribution in [-0.2, 0) is 0 Å². The van der Waals surface area contributed by atoms with E-state index in [-0.39, 0.29) is 0 Å². The molecule has 3 nitrogen and oxygen atoms in total. The third-order valence-electron chi connectivity index (χ3n) is 4.86. The molecule has 0 bridgehead atoms. The van der Waals surface area contributed by atoms with E-state index in [1.807, 2.05) is 42.5 Å². The SMILES string of the molecule is COc1ccc(-c2c(C)c(-c3ccccc3)nc3ccc(OC)cc23)cc1. The predicted molar refractivity (Wildman–Crippen MR) is 110 cm³/mol. The van der Waals surface area contributed by atoms with Crippen LogP contribution in [0.1, 0.15) is 5.56 Å². The summed E-state index contributed by atoms with van der Waals surface area (Å²) in [4.78, 5) is 4.96. The number of rotatable bonds is 4. The first-order valence-electron chi connectivity index (χ1n) is 8.89. The summed E-state index contributed by atoms with van der Waals surface area (Å²) in [5.74, 6) is 1.67. The number of hydrogen-bond acceptors (Lipinski definition) is 3. The summed E-state index contributed by atoms with van der Waals surface area (Å²) in [5, 5.41) is 1.08. The fraction of sp³-hybridized carbons (Fsp3) is 0.125. The van der Waals surface area contributed by atoms with Crippen LogP contribution >= 0.6 is 0 Å². The fourth-order valence-electron chi connectivity index (χ4n) is 3.47. The molecule has 0 radical (unpaired) electrons. The topological polar surface area (TPSA) is 31.4 Å². The minimum Gasteiger partial charge on any atom is -0.497 e. The Balaban J connectivity index is 2.04. The monoisotopic (exact) mass is 355 g/mol. The minimum absolute atomic E-state index is 0.825. The number of nitrogens with zero attached hydrogens (tertiary/aromatic N) is 1. The number of benzene rings is 3. The average Bonchev–Trinajstić information content (AvgIpc) is 2.73. The highest BCUT2D eigenvalue weighted by atomic mass is 16.5. The summed E-state index contributed by atoms with van der Waals surface area (Å²) in [6.45, 7) is 2.13. The first-order valence-corrected chi connectivity index (χ1v) is 8.89. The zero-order valence-corrected chi connectivity index (χ0v) is 15.7. The van der Waals surface area contributed by atoms with Crippen LogP contribution in [0.3, 0.4) is 0 Å². The van der Waals surface area contributed by atoms with E-state index < -0.39 is 0 Å². The molecule has 0 saturated carbocycles. The molecule has 1 aromatic heterocycles. The van der Waals surface area contributed by atoms with Gasteiger partial charge in [0.15, 0.2) is 0 Å². The van der Waals surface area contributed by atoms with Gasteiger partial charge in [-0.1, -0.05) is 42.5 Å². The Bertz CT molecular complexity index is 1090. The first kappa shape index (κ1) is 17.1. The average molecular weight is 355 g/mol. The van der Waals surface area contributed by atoms with Crippen molar-refractivity contribution < 1.29 is 9.47 Å². The van der Waals surface area contributed by atoms with Gasteiger partial charge in [0.1, 0.15) is 11.5 Å². The van der Waals surface area contributed by atoms with E-state index in [0.717, 1.165) is 44.8 Å². The van der Waals surface area contributed by atoms with Gasteiger partial charge in [-0.05, 0) is 53.9 Å². The zero-order valence-electron chi connectivity index (χ0n) is 15.7. The van der Waals surface area contributed by atoms with Crippen LogP contribution in [0.15, 0.2) is 72.8 Å². The van der Waals surface area contributed by atoms with Gasteiger partial charge in [0.05, 0.1) is 25.4 Å². The van der Waals surface area contributed by atoms with Gasteiger partial charge in [-0.2, -0.15) is 0 Å². The Kier molecular flexibility index (Phi) is 4.51. The summed E-state index contributed by atoms with van der Waals surface area (Å²) >= 11 is 0. The van der Waals surface area contributed by atoms with E-state index in [1.165, 1.54) is 5.56 Å². The van der Waals surface area contributed by atoms with Gasteiger partial charge in [-0.15, -0.1) is 0 Å². The maximum atomic E-state index is 5.46.